The van der Waals surface area contributed by atoms with Gasteiger partial charge in [0.05, 0.1) is 19.6 Å². The van der Waals surface area contributed by atoms with Gasteiger partial charge in [-0.3, -0.25) is 4.79 Å². The third kappa shape index (κ3) is 4.83. The van der Waals surface area contributed by atoms with Crippen LogP contribution in [0.25, 0.3) is 0 Å². The van der Waals surface area contributed by atoms with Crippen molar-refractivity contribution >= 4 is 5.91 Å². The van der Waals surface area contributed by atoms with E-state index >= 15 is 0 Å². The van der Waals surface area contributed by atoms with E-state index in [1.54, 1.807) is 0 Å². The molecule has 0 bridgehead atoms. The number of benzene rings is 1. The van der Waals surface area contributed by atoms with Crippen LogP contribution >= 0.6 is 0 Å². The smallest absolute Gasteiger partial charge is 0.224 e. The van der Waals surface area contributed by atoms with Crippen molar-refractivity contribution in [3.05, 3.63) is 35.4 Å². The molecule has 1 N–H and O–H groups in total. The number of amides is 1. The molecular weight excluding hydrogens is 266 g/mol. The third-order valence-electron chi connectivity index (χ3n) is 3.88. The molecule has 4 nitrogen and oxygen atoms in total. The lowest BCUT2D eigenvalue weighted by Crippen LogP contribution is -2.35. The monoisotopic (exact) mass is 291 g/mol. The Bertz CT molecular complexity index is 481. The average Bonchev–Trinajstić information content (AvgIpc) is 2.85. The number of nitrogens with one attached hydrogen (secondary N) is 1. The van der Waals surface area contributed by atoms with Gasteiger partial charge < -0.3 is 14.8 Å². The highest BCUT2D eigenvalue weighted by Gasteiger charge is 2.32. The van der Waals surface area contributed by atoms with Crippen molar-refractivity contribution in [1.29, 1.82) is 0 Å². The molecule has 1 aliphatic heterocycles. The van der Waals surface area contributed by atoms with Gasteiger partial charge in [-0.2, -0.15) is 0 Å². The molecule has 1 atom stereocenters. The number of carbonyl (C=O) groups excluding carboxylic acids is 1. The Balaban J connectivity index is 1.75. The molecule has 0 aliphatic carbocycles. The van der Waals surface area contributed by atoms with Gasteiger partial charge in [-0.1, -0.05) is 31.2 Å². The number of carbonyl (C=O) groups is 1. The van der Waals surface area contributed by atoms with Gasteiger partial charge in [0.25, 0.3) is 0 Å². The first-order valence-corrected chi connectivity index (χ1v) is 7.58. The molecular formula is C17H25NO3. The predicted octanol–water partition coefficient (Wildman–Crippen LogP) is 2.44. The summed E-state index contributed by atoms with van der Waals surface area (Å²) in [6, 6.07) is 7.98. The van der Waals surface area contributed by atoms with Crippen LogP contribution in [0.1, 0.15) is 31.4 Å². The van der Waals surface area contributed by atoms with Crippen molar-refractivity contribution in [2.75, 3.05) is 19.8 Å². The number of aryl methyl sites for hydroxylation is 1. The Hall–Kier alpha value is -1.39. The van der Waals surface area contributed by atoms with Crippen LogP contribution in [-0.2, 0) is 20.7 Å². The molecule has 4 heteroatoms. The summed E-state index contributed by atoms with van der Waals surface area (Å²) in [5.74, 6) is -0.108. The lowest BCUT2D eigenvalue weighted by Gasteiger charge is -2.26. The highest BCUT2D eigenvalue weighted by molar-refractivity contribution is 5.78. The predicted molar refractivity (Wildman–Crippen MR) is 82.0 cm³/mol. The van der Waals surface area contributed by atoms with Crippen LogP contribution in [0.3, 0.4) is 0 Å². The van der Waals surface area contributed by atoms with Crippen LogP contribution in [0.4, 0.5) is 0 Å². The fourth-order valence-corrected chi connectivity index (χ4v) is 2.71. The van der Waals surface area contributed by atoms with Crippen molar-refractivity contribution in [2.24, 2.45) is 5.92 Å². The Kier molecular flexibility index (Phi) is 5.37. The molecule has 21 heavy (non-hydrogen) atoms. The van der Waals surface area contributed by atoms with E-state index in [1.165, 1.54) is 0 Å². The zero-order valence-electron chi connectivity index (χ0n) is 13.1. The van der Waals surface area contributed by atoms with Gasteiger partial charge in [0, 0.05) is 13.0 Å². The first kappa shape index (κ1) is 16.0. The molecule has 1 saturated heterocycles. The summed E-state index contributed by atoms with van der Waals surface area (Å²) in [5, 5.41) is 3.00. The van der Waals surface area contributed by atoms with E-state index in [2.05, 4.69) is 12.2 Å². The van der Waals surface area contributed by atoms with Crippen molar-refractivity contribution in [3.8, 4) is 0 Å². The minimum Gasteiger partial charge on any atom is -0.356 e. The molecule has 0 unspecified atom stereocenters. The summed E-state index contributed by atoms with van der Waals surface area (Å²) >= 11 is 0. The van der Waals surface area contributed by atoms with Crippen molar-refractivity contribution < 1.29 is 14.3 Å². The van der Waals surface area contributed by atoms with Crippen molar-refractivity contribution in [2.45, 2.75) is 39.4 Å². The van der Waals surface area contributed by atoms with Crippen LogP contribution in [-0.4, -0.2) is 31.5 Å². The lowest BCUT2D eigenvalue weighted by molar-refractivity contribution is -0.154. The molecule has 0 aromatic heterocycles. The topological polar surface area (TPSA) is 47.6 Å². The van der Waals surface area contributed by atoms with Crippen LogP contribution in [0.5, 0.6) is 0 Å². The quantitative estimate of drug-likeness (QED) is 0.875. The van der Waals surface area contributed by atoms with E-state index in [0.717, 1.165) is 17.5 Å². The van der Waals surface area contributed by atoms with E-state index in [-0.39, 0.29) is 5.91 Å². The molecule has 0 saturated carbocycles. The van der Waals surface area contributed by atoms with Gasteiger partial charge in [0.2, 0.25) is 5.91 Å². The Morgan fingerprint density at radius 1 is 1.33 bits per heavy atom. The highest BCUT2D eigenvalue weighted by atomic mass is 16.7. The molecule has 0 spiro atoms. The molecule has 1 heterocycles. The standard InChI is InChI=1S/C17H25NO3/c1-13(11-17(3)20-8-9-21-17)12-18-16(19)10-15-7-5-4-6-14(15)2/h4-7,13H,8-12H2,1-3H3,(H,18,19)/t13-/m0/s1. The van der Waals surface area contributed by atoms with E-state index < -0.39 is 5.79 Å². The third-order valence-corrected chi connectivity index (χ3v) is 3.88. The first-order valence-electron chi connectivity index (χ1n) is 7.58. The molecule has 2 rings (SSSR count). The second-order valence-electron chi connectivity index (χ2n) is 6.05. The Labute approximate surface area is 126 Å². The summed E-state index contributed by atoms with van der Waals surface area (Å²) in [7, 11) is 0. The average molecular weight is 291 g/mol. The minimum atomic E-state index is -0.486. The largest absolute Gasteiger partial charge is 0.356 e. The molecule has 0 radical (unpaired) electrons. The van der Waals surface area contributed by atoms with E-state index in [1.807, 2.05) is 38.1 Å². The normalized spacial score (nSPS) is 18.4. The number of hydrogen-bond acceptors (Lipinski definition) is 3. The van der Waals surface area contributed by atoms with E-state index in [4.69, 9.17) is 9.47 Å². The van der Waals surface area contributed by atoms with Gasteiger partial charge in [-0.25, -0.2) is 0 Å². The zero-order valence-corrected chi connectivity index (χ0v) is 13.1. The lowest BCUT2D eigenvalue weighted by atomic mass is 10.0. The van der Waals surface area contributed by atoms with Crippen molar-refractivity contribution in [1.82, 2.24) is 5.32 Å². The fraction of sp³-hybridized carbons (Fsp3) is 0.588. The van der Waals surface area contributed by atoms with Gasteiger partial charge >= 0.3 is 0 Å². The first-order chi connectivity index (χ1) is 9.98. The van der Waals surface area contributed by atoms with E-state index in [9.17, 15) is 4.79 Å². The number of rotatable bonds is 6. The van der Waals surface area contributed by atoms with E-state index in [0.29, 0.717) is 32.1 Å². The van der Waals surface area contributed by atoms with Gasteiger partial charge in [0.1, 0.15) is 0 Å². The zero-order chi connectivity index (χ0) is 15.3. The number of hydrogen-bond donors (Lipinski definition) is 1. The second-order valence-corrected chi connectivity index (χ2v) is 6.05. The van der Waals surface area contributed by atoms with Crippen LogP contribution in [0, 0.1) is 12.8 Å². The number of ether oxygens (including phenoxy) is 2. The second kappa shape index (κ2) is 7.05. The molecule has 116 valence electrons. The summed E-state index contributed by atoms with van der Waals surface area (Å²) in [5.41, 5.74) is 2.23. The molecule has 1 aromatic rings. The Morgan fingerprint density at radius 2 is 2.00 bits per heavy atom. The van der Waals surface area contributed by atoms with Gasteiger partial charge in [-0.15, -0.1) is 0 Å². The van der Waals surface area contributed by atoms with Crippen molar-refractivity contribution in [3.63, 3.8) is 0 Å². The fourth-order valence-electron chi connectivity index (χ4n) is 2.71. The van der Waals surface area contributed by atoms with Crippen LogP contribution in [0.2, 0.25) is 0 Å². The molecule has 1 fully saturated rings. The molecule has 1 aromatic carbocycles. The Morgan fingerprint density at radius 3 is 2.67 bits per heavy atom. The maximum absolute atomic E-state index is 12.0. The highest BCUT2D eigenvalue weighted by Crippen LogP contribution is 2.26. The molecule has 1 aliphatic rings. The maximum atomic E-state index is 12.0. The van der Waals surface area contributed by atoms with Gasteiger partial charge in [-0.05, 0) is 30.9 Å². The molecule has 1 amide bonds. The summed E-state index contributed by atoms with van der Waals surface area (Å²) in [4.78, 5) is 12.0. The maximum Gasteiger partial charge on any atom is 0.224 e. The van der Waals surface area contributed by atoms with Gasteiger partial charge in [0.15, 0.2) is 5.79 Å². The van der Waals surface area contributed by atoms with Crippen LogP contribution < -0.4 is 5.32 Å². The summed E-state index contributed by atoms with van der Waals surface area (Å²) in [6.07, 6.45) is 1.22. The summed E-state index contributed by atoms with van der Waals surface area (Å²) in [6.45, 7) is 8.05. The summed E-state index contributed by atoms with van der Waals surface area (Å²) < 4.78 is 11.2. The SMILES string of the molecule is Cc1ccccc1CC(=O)NC[C@@H](C)CC1(C)OCCO1. The minimum absolute atomic E-state index is 0.0644. The van der Waals surface area contributed by atoms with Crippen LogP contribution in [0.15, 0.2) is 24.3 Å².